The van der Waals surface area contributed by atoms with E-state index in [1.165, 1.54) is 19.5 Å². The molecule has 0 bridgehead atoms. The van der Waals surface area contributed by atoms with Crippen molar-refractivity contribution in [3.05, 3.63) is 65.9 Å². The Labute approximate surface area is 225 Å². The lowest BCUT2D eigenvalue weighted by Gasteiger charge is -2.26. The Kier molecular flexibility index (Phi) is 7.21. The highest BCUT2D eigenvalue weighted by Crippen LogP contribution is 2.41. The molecule has 4 N–H and O–H groups in total. The molecule has 5 rings (SSSR count). The Bertz CT molecular complexity index is 1570. The molecule has 1 saturated heterocycles. The molecule has 3 heterocycles. The number of fused-ring (bicyclic) bond motifs is 1. The van der Waals surface area contributed by atoms with E-state index in [0.29, 0.717) is 48.5 Å². The highest BCUT2D eigenvalue weighted by molar-refractivity contribution is 6.01. The molecule has 0 saturated carbocycles. The summed E-state index contributed by atoms with van der Waals surface area (Å²) >= 11 is 0. The molecule has 210 valence electrons. The molecular formula is C26H25F4N7O3. The van der Waals surface area contributed by atoms with Crippen LogP contribution in [-0.2, 0) is 17.5 Å². The number of hydrogen-bond acceptors (Lipinski definition) is 7. The minimum absolute atomic E-state index is 0.0553. The Morgan fingerprint density at radius 1 is 1.15 bits per heavy atom. The summed E-state index contributed by atoms with van der Waals surface area (Å²) in [5.41, 5.74) is 12.7. The van der Waals surface area contributed by atoms with Gasteiger partial charge in [0, 0.05) is 25.2 Å². The third-order valence-electron chi connectivity index (χ3n) is 6.61. The third kappa shape index (κ3) is 5.10. The lowest BCUT2D eigenvalue weighted by molar-refractivity contribution is -0.139. The minimum atomic E-state index is -4.98. The molecule has 0 atom stereocenters. The number of amides is 2. The van der Waals surface area contributed by atoms with Crippen LogP contribution in [0, 0.1) is 5.82 Å². The smallest absolute Gasteiger partial charge is 0.419 e. The predicted octanol–water partition coefficient (Wildman–Crippen LogP) is 4.19. The van der Waals surface area contributed by atoms with Crippen LogP contribution in [0.1, 0.15) is 11.3 Å². The van der Waals surface area contributed by atoms with E-state index in [-0.39, 0.29) is 22.9 Å². The molecule has 10 nitrogen and oxygen atoms in total. The Morgan fingerprint density at radius 3 is 2.58 bits per heavy atom. The van der Waals surface area contributed by atoms with Gasteiger partial charge >= 0.3 is 12.2 Å². The van der Waals surface area contributed by atoms with Gasteiger partial charge < -0.3 is 20.9 Å². The van der Waals surface area contributed by atoms with E-state index in [4.69, 9.17) is 20.9 Å². The van der Waals surface area contributed by atoms with Gasteiger partial charge in [-0.05, 0) is 42.0 Å². The first-order valence-corrected chi connectivity index (χ1v) is 12.1. The topological polar surface area (TPSA) is 124 Å². The SMILES string of the molecule is COc1cc(-c2cc(CN3CCOCC3)n3ncnc(N)c23)ccc1N(C(N)=O)c1ccc(F)c(C(F)(F)F)c1. The lowest BCUT2D eigenvalue weighted by Crippen LogP contribution is -2.36. The average Bonchev–Trinajstić information content (AvgIpc) is 3.29. The summed E-state index contributed by atoms with van der Waals surface area (Å²) in [4.78, 5) is 19.6. The van der Waals surface area contributed by atoms with Gasteiger partial charge in [0.05, 0.1) is 43.0 Å². The van der Waals surface area contributed by atoms with Gasteiger partial charge in [0.2, 0.25) is 0 Å². The van der Waals surface area contributed by atoms with E-state index in [9.17, 15) is 22.4 Å². The number of carbonyl (C=O) groups is 1. The number of urea groups is 1. The van der Waals surface area contributed by atoms with Crippen LogP contribution in [0.15, 0.2) is 48.8 Å². The van der Waals surface area contributed by atoms with E-state index in [2.05, 4.69) is 15.0 Å². The number of halogens is 4. The van der Waals surface area contributed by atoms with Crippen molar-refractivity contribution < 1.29 is 31.8 Å². The molecule has 4 aromatic rings. The Balaban J connectivity index is 1.59. The number of methoxy groups -OCH3 is 1. The molecule has 14 heteroatoms. The molecular weight excluding hydrogens is 534 g/mol. The first-order chi connectivity index (χ1) is 19.1. The molecule has 1 aliphatic heterocycles. The lowest BCUT2D eigenvalue weighted by atomic mass is 10.0. The van der Waals surface area contributed by atoms with Gasteiger partial charge in [0.1, 0.15) is 23.4 Å². The van der Waals surface area contributed by atoms with E-state index in [1.54, 1.807) is 16.6 Å². The summed E-state index contributed by atoms with van der Waals surface area (Å²) in [6.45, 7) is 3.35. The number of anilines is 3. The van der Waals surface area contributed by atoms with Crippen LogP contribution in [0.2, 0.25) is 0 Å². The van der Waals surface area contributed by atoms with Crippen LogP contribution in [-0.4, -0.2) is 58.9 Å². The van der Waals surface area contributed by atoms with Crippen molar-refractivity contribution in [2.75, 3.05) is 44.0 Å². The van der Waals surface area contributed by atoms with Crippen molar-refractivity contribution in [2.24, 2.45) is 5.73 Å². The molecule has 40 heavy (non-hydrogen) atoms. The van der Waals surface area contributed by atoms with Crippen LogP contribution in [0.3, 0.4) is 0 Å². The second kappa shape index (κ2) is 10.6. The van der Waals surface area contributed by atoms with Crippen molar-refractivity contribution in [3.63, 3.8) is 0 Å². The molecule has 2 aromatic heterocycles. The number of nitrogens with two attached hydrogens (primary N) is 2. The average molecular weight is 560 g/mol. The van der Waals surface area contributed by atoms with Gasteiger partial charge in [-0.2, -0.15) is 18.3 Å². The number of nitrogen functional groups attached to an aromatic ring is 1. The molecule has 0 radical (unpaired) electrons. The molecule has 0 aliphatic carbocycles. The second-order valence-electron chi connectivity index (χ2n) is 9.07. The monoisotopic (exact) mass is 559 g/mol. The van der Waals surface area contributed by atoms with Gasteiger partial charge in [0.15, 0.2) is 5.82 Å². The summed E-state index contributed by atoms with van der Waals surface area (Å²) in [6, 6.07) is 7.71. The highest BCUT2D eigenvalue weighted by Gasteiger charge is 2.35. The van der Waals surface area contributed by atoms with Crippen LogP contribution in [0.4, 0.5) is 39.5 Å². The summed E-state index contributed by atoms with van der Waals surface area (Å²) in [7, 11) is 1.34. The fraction of sp³-hybridized carbons (Fsp3) is 0.269. The van der Waals surface area contributed by atoms with E-state index in [0.717, 1.165) is 29.7 Å². The predicted molar refractivity (Wildman–Crippen MR) is 139 cm³/mol. The van der Waals surface area contributed by atoms with E-state index >= 15 is 0 Å². The number of carbonyl (C=O) groups excluding carboxylic acids is 1. The number of rotatable bonds is 6. The number of aromatic nitrogens is 3. The summed E-state index contributed by atoms with van der Waals surface area (Å²) in [5.74, 6) is -1.11. The molecule has 2 aromatic carbocycles. The Hall–Kier alpha value is -4.43. The highest BCUT2D eigenvalue weighted by atomic mass is 19.4. The van der Waals surface area contributed by atoms with Gasteiger partial charge in [-0.25, -0.2) is 18.7 Å². The fourth-order valence-corrected chi connectivity index (χ4v) is 4.74. The van der Waals surface area contributed by atoms with Crippen molar-refractivity contribution in [1.82, 2.24) is 19.5 Å². The number of benzene rings is 2. The standard InChI is InChI=1S/C26H25F4N7O3/c1-39-22-10-15(2-5-21(22)36(25(32)38)16-3-4-20(27)19(12-16)26(28,29)30)18-11-17(13-35-6-8-40-9-7-35)37-23(18)24(31)33-14-34-37/h2-5,10-12,14H,6-9,13H2,1H3,(H2,32,38)(H2,31,33,34). The normalized spacial score (nSPS) is 14.4. The minimum Gasteiger partial charge on any atom is -0.495 e. The number of nitrogens with zero attached hydrogens (tertiary/aromatic N) is 5. The summed E-state index contributed by atoms with van der Waals surface area (Å²) < 4.78 is 66.7. The zero-order valence-corrected chi connectivity index (χ0v) is 21.3. The van der Waals surface area contributed by atoms with Crippen molar-refractivity contribution in [3.8, 4) is 16.9 Å². The maximum absolute atomic E-state index is 13.9. The largest absolute Gasteiger partial charge is 0.495 e. The molecule has 2 amide bonds. The van der Waals surface area contributed by atoms with E-state index in [1.807, 2.05) is 6.07 Å². The number of ether oxygens (including phenoxy) is 2. The first kappa shape index (κ1) is 27.1. The van der Waals surface area contributed by atoms with Crippen LogP contribution in [0.25, 0.3) is 16.6 Å². The molecule has 1 fully saturated rings. The maximum atomic E-state index is 13.9. The number of morpholine rings is 1. The van der Waals surface area contributed by atoms with Crippen molar-refractivity contribution in [1.29, 1.82) is 0 Å². The van der Waals surface area contributed by atoms with E-state index < -0.39 is 23.6 Å². The van der Waals surface area contributed by atoms with Crippen molar-refractivity contribution in [2.45, 2.75) is 12.7 Å². The number of hydrogen-bond donors (Lipinski definition) is 2. The molecule has 0 unspecified atom stereocenters. The van der Waals surface area contributed by atoms with Crippen LogP contribution in [0.5, 0.6) is 5.75 Å². The van der Waals surface area contributed by atoms with Crippen LogP contribution < -0.4 is 21.1 Å². The fourth-order valence-electron chi connectivity index (χ4n) is 4.74. The maximum Gasteiger partial charge on any atom is 0.419 e. The van der Waals surface area contributed by atoms with Gasteiger partial charge in [-0.1, -0.05) is 6.07 Å². The van der Waals surface area contributed by atoms with Crippen molar-refractivity contribution >= 4 is 28.7 Å². The third-order valence-corrected chi connectivity index (χ3v) is 6.61. The Morgan fingerprint density at radius 2 is 1.90 bits per heavy atom. The summed E-state index contributed by atoms with van der Waals surface area (Å²) in [6.07, 6.45) is -3.62. The van der Waals surface area contributed by atoms with Gasteiger partial charge in [-0.3, -0.25) is 9.80 Å². The van der Waals surface area contributed by atoms with Gasteiger partial charge in [-0.15, -0.1) is 0 Å². The zero-order chi connectivity index (χ0) is 28.6. The zero-order valence-electron chi connectivity index (χ0n) is 21.3. The first-order valence-electron chi connectivity index (χ1n) is 12.1. The van der Waals surface area contributed by atoms with Crippen LogP contribution >= 0.6 is 0 Å². The molecule has 1 aliphatic rings. The quantitative estimate of drug-likeness (QED) is 0.340. The molecule has 0 spiro atoms. The second-order valence-corrected chi connectivity index (χ2v) is 9.07. The number of primary amides is 1. The summed E-state index contributed by atoms with van der Waals surface area (Å²) in [5, 5.41) is 4.38. The number of alkyl halides is 3. The van der Waals surface area contributed by atoms with Gasteiger partial charge in [0.25, 0.3) is 0 Å².